The Kier molecular flexibility index (Phi) is 4.39. The Morgan fingerprint density at radius 1 is 1.07 bits per heavy atom. The zero-order chi connectivity index (χ0) is 19.8. The fourth-order valence-corrected chi connectivity index (χ4v) is 3.25. The molecule has 0 saturated heterocycles. The van der Waals surface area contributed by atoms with E-state index in [1.807, 2.05) is 37.3 Å². The van der Waals surface area contributed by atoms with Crippen molar-refractivity contribution in [2.24, 2.45) is 7.05 Å². The van der Waals surface area contributed by atoms with Gasteiger partial charge >= 0.3 is 0 Å². The van der Waals surface area contributed by atoms with Crippen LogP contribution in [-0.2, 0) is 7.05 Å². The summed E-state index contributed by atoms with van der Waals surface area (Å²) in [4.78, 5) is 17.8. The molecule has 0 atom stereocenters. The van der Waals surface area contributed by atoms with E-state index in [1.165, 1.54) is 6.07 Å². The van der Waals surface area contributed by atoms with E-state index in [1.54, 1.807) is 36.9 Å². The smallest absolute Gasteiger partial charge is 0.256 e. The predicted molar refractivity (Wildman–Crippen MR) is 108 cm³/mol. The first-order chi connectivity index (χ1) is 13.4. The Morgan fingerprint density at radius 3 is 2.54 bits per heavy atom. The van der Waals surface area contributed by atoms with E-state index in [2.05, 4.69) is 10.4 Å². The summed E-state index contributed by atoms with van der Waals surface area (Å²) in [5, 5.41) is 7.89. The number of aromatic nitrogens is 3. The van der Waals surface area contributed by atoms with Crippen LogP contribution in [0.15, 0.2) is 54.6 Å². The quantitative estimate of drug-likeness (QED) is 0.568. The van der Waals surface area contributed by atoms with Crippen molar-refractivity contribution in [3.05, 3.63) is 77.2 Å². The van der Waals surface area contributed by atoms with Gasteiger partial charge in [0, 0.05) is 18.3 Å². The van der Waals surface area contributed by atoms with Crippen LogP contribution in [0.2, 0.25) is 0 Å². The van der Waals surface area contributed by atoms with Gasteiger partial charge in [-0.05, 0) is 37.6 Å². The molecular formula is C22H19FN4O. The van der Waals surface area contributed by atoms with Crippen LogP contribution in [0.5, 0.6) is 0 Å². The maximum atomic E-state index is 13.9. The molecule has 0 spiro atoms. The fourth-order valence-electron chi connectivity index (χ4n) is 3.25. The summed E-state index contributed by atoms with van der Waals surface area (Å²) in [5.74, 6) is -0.691. The lowest BCUT2D eigenvalue weighted by molar-refractivity contribution is 0.102. The largest absolute Gasteiger partial charge is 0.322 e. The van der Waals surface area contributed by atoms with Crippen molar-refractivity contribution in [2.75, 3.05) is 5.32 Å². The molecule has 6 heteroatoms. The second kappa shape index (κ2) is 6.88. The summed E-state index contributed by atoms with van der Waals surface area (Å²) >= 11 is 0. The number of anilines is 1. The highest BCUT2D eigenvalue weighted by atomic mass is 19.1. The molecule has 1 amide bonds. The van der Waals surface area contributed by atoms with Gasteiger partial charge in [-0.25, -0.2) is 9.37 Å². The summed E-state index contributed by atoms with van der Waals surface area (Å²) in [7, 11) is 1.80. The minimum Gasteiger partial charge on any atom is -0.322 e. The number of carbonyl (C=O) groups is 1. The fraction of sp³-hybridized carbons (Fsp3) is 0.136. The molecule has 28 heavy (non-hydrogen) atoms. The van der Waals surface area contributed by atoms with Crippen LogP contribution in [0, 0.1) is 19.7 Å². The molecule has 0 bridgehead atoms. The first kappa shape index (κ1) is 17.9. The van der Waals surface area contributed by atoms with Crippen LogP contribution < -0.4 is 5.32 Å². The van der Waals surface area contributed by atoms with Gasteiger partial charge in [0.2, 0.25) is 0 Å². The van der Waals surface area contributed by atoms with Crippen molar-refractivity contribution in [1.82, 2.24) is 14.8 Å². The van der Waals surface area contributed by atoms with Crippen LogP contribution in [-0.4, -0.2) is 20.7 Å². The molecule has 0 saturated carbocycles. The monoisotopic (exact) mass is 374 g/mol. The molecule has 4 aromatic rings. The van der Waals surface area contributed by atoms with Crippen molar-refractivity contribution in [2.45, 2.75) is 13.8 Å². The molecule has 0 radical (unpaired) electrons. The number of halogens is 1. The molecule has 2 heterocycles. The van der Waals surface area contributed by atoms with Gasteiger partial charge in [0.25, 0.3) is 5.91 Å². The average Bonchev–Trinajstić information content (AvgIpc) is 2.98. The van der Waals surface area contributed by atoms with E-state index >= 15 is 0 Å². The zero-order valence-corrected chi connectivity index (χ0v) is 15.8. The van der Waals surface area contributed by atoms with Crippen molar-refractivity contribution >= 4 is 22.6 Å². The van der Waals surface area contributed by atoms with E-state index in [-0.39, 0.29) is 11.7 Å². The molecule has 4 rings (SSSR count). The molecule has 0 aliphatic heterocycles. The zero-order valence-electron chi connectivity index (χ0n) is 15.8. The normalized spacial score (nSPS) is 11.0. The molecule has 0 fully saturated rings. The van der Waals surface area contributed by atoms with Crippen LogP contribution in [0.4, 0.5) is 10.1 Å². The van der Waals surface area contributed by atoms with Gasteiger partial charge < -0.3 is 5.32 Å². The SMILES string of the molecule is Cc1ccc(NC(=O)c2cc(-c3ccccc3)nc3c2c(C)nn3C)cc1F. The van der Waals surface area contributed by atoms with Gasteiger partial charge in [-0.1, -0.05) is 36.4 Å². The maximum absolute atomic E-state index is 13.9. The summed E-state index contributed by atoms with van der Waals surface area (Å²) in [6, 6.07) is 16.0. The summed E-state index contributed by atoms with van der Waals surface area (Å²) in [5.41, 5.74) is 4.30. The number of benzene rings is 2. The Morgan fingerprint density at radius 2 is 1.82 bits per heavy atom. The van der Waals surface area contributed by atoms with Crippen LogP contribution >= 0.6 is 0 Å². The lowest BCUT2D eigenvalue weighted by atomic mass is 10.0. The maximum Gasteiger partial charge on any atom is 0.256 e. The Hall–Kier alpha value is -3.54. The number of aryl methyl sites for hydroxylation is 3. The average molecular weight is 374 g/mol. The number of fused-ring (bicyclic) bond motifs is 1. The van der Waals surface area contributed by atoms with Gasteiger partial charge in [-0.15, -0.1) is 0 Å². The lowest BCUT2D eigenvalue weighted by Gasteiger charge is -2.10. The molecule has 140 valence electrons. The predicted octanol–water partition coefficient (Wildman–Crippen LogP) is 4.64. The van der Waals surface area contributed by atoms with Gasteiger partial charge in [-0.2, -0.15) is 5.10 Å². The Bertz CT molecular complexity index is 1200. The van der Waals surface area contributed by atoms with Crippen molar-refractivity contribution in [3.8, 4) is 11.3 Å². The Labute approximate surface area is 161 Å². The van der Waals surface area contributed by atoms with Crippen molar-refractivity contribution in [3.63, 3.8) is 0 Å². The number of hydrogen-bond acceptors (Lipinski definition) is 3. The first-order valence-electron chi connectivity index (χ1n) is 8.91. The Balaban J connectivity index is 1.84. The van der Waals surface area contributed by atoms with Gasteiger partial charge in [0.1, 0.15) is 5.82 Å². The standard InChI is InChI=1S/C22H19FN4O/c1-13-9-10-16(11-18(13)23)24-22(28)17-12-19(15-7-5-4-6-8-15)25-21-20(17)14(2)26-27(21)3/h4-12H,1-3H3,(H,24,28). The molecule has 5 nitrogen and oxygen atoms in total. The second-order valence-electron chi connectivity index (χ2n) is 6.75. The van der Waals surface area contributed by atoms with E-state index in [4.69, 9.17) is 4.98 Å². The number of carbonyl (C=O) groups excluding carboxylic acids is 1. The number of nitrogens with one attached hydrogen (secondary N) is 1. The minimum absolute atomic E-state index is 0.330. The molecular weight excluding hydrogens is 355 g/mol. The number of rotatable bonds is 3. The number of nitrogens with zero attached hydrogens (tertiary/aromatic N) is 3. The van der Waals surface area contributed by atoms with Gasteiger partial charge in [0.05, 0.1) is 22.3 Å². The third kappa shape index (κ3) is 3.13. The molecule has 2 aromatic carbocycles. The lowest BCUT2D eigenvalue weighted by Crippen LogP contribution is -2.13. The third-order valence-electron chi connectivity index (χ3n) is 4.71. The van der Waals surface area contributed by atoms with E-state index in [0.717, 1.165) is 5.56 Å². The molecule has 0 aliphatic carbocycles. The molecule has 0 aliphatic rings. The molecule has 2 aromatic heterocycles. The number of pyridine rings is 1. The molecule has 0 unspecified atom stereocenters. The molecule has 1 N–H and O–H groups in total. The third-order valence-corrected chi connectivity index (χ3v) is 4.71. The highest BCUT2D eigenvalue weighted by Gasteiger charge is 2.19. The topological polar surface area (TPSA) is 59.8 Å². The first-order valence-corrected chi connectivity index (χ1v) is 8.91. The number of hydrogen-bond donors (Lipinski definition) is 1. The van der Waals surface area contributed by atoms with E-state index in [0.29, 0.717) is 39.2 Å². The summed E-state index contributed by atoms with van der Waals surface area (Å²) in [6.07, 6.45) is 0. The van der Waals surface area contributed by atoms with E-state index < -0.39 is 0 Å². The van der Waals surface area contributed by atoms with Crippen LogP contribution in [0.25, 0.3) is 22.3 Å². The van der Waals surface area contributed by atoms with Gasteiger partial charge in [0.15, 0.2) is 5.65 Å². The van der Waals surface area contributed by atoms with Gasteiger partial charge in [-0.3, -0.25) is 9.48 Å². The highest BCUT2D eigenvalue weighted by molar-refractivity contribution is 6.13. The van der Waals surface area contributed by atoms with Crippen molar-refractivity contribution in [1.29, 1.82) is 0 Å². The second-order valence-corrected chi connectivity index (χ2v) is 6.75. The van der Waals surface area contributed by atoms with E-state index in [9.17, 15) is 9.18 Å². The summed E-state index contributed by atoms with van der Waals surface area (Å²) in [6.45, 7) is 3.52. The van der Waals surface area contributed by atoms with Crippen molar-refractivity contribution < 1.29 is 9.18 Å². The number of amides is 1. The van der Waals surface area contributed by atoms with Crippen LogP contribution in [0.3, 0.4) is 0 Å². The summed E-state index contributed by atoms with van der Waals surface area (Å²) < 4.78 is 15.5. The minimum atomic E-state index is -0.361. The van der Waals surface area contributed by atoms with Crippen LogP contribution in [0.1, 0.15) is 21.6 Å². The highest BCUT2D eigenvalue weighted by Crippen LogP contribution is 2.27.